The maximum Gasteiger partial charge on any atom is 0.229 e. The molecule has 4 heterocycles. The predicted molar refractivity (Wildman–Crippen MR) is 140 cm³/mol. The third-order valence-corrected chi connectivity index (χ3v) is 9.32. The Labute approximate surface area is 217 Å². The van der Waals surface area contributed by atoms with Gasteiger partial charge in [-0.25, -0.2) is 4.98 Å². The zero-order valence-corrected chi connectivity index (χ0v) is 21.9. The molecule has 6 rings (SSSR count). The predicted octanol–water partition coefficient (Wildman–Crippen LogP) is 3.57. The number of methoxy groups -OCH3 is 1. The number of halogens is 1. The number of benzene rings is 1. The molecule has 1 aromatic heterocycles. The summed E-state index contributed by atoms with van der Waals surface area (Å²) in [6.45, 7) is 8.68. The van der Waals surface area contributed by atoms with E-state index in [1.54, 1.807) is 13.3 Å². The van der Waals surface area contributed by atoms with E-state index in [1.807, 2.05) is 12.1 Å². The van der Waals surface area contributed by atoms with Gasteiger partial charge in [0.1, 0.15) is 11.9 Å². The lowest BCUT2D eigenvalue weighted by atomic mass is 9.93. The summed E-state index contributed by atoms with van der Waals surface area (Å²) in [6, 6.07) is 6.06. The van der Waals surface area contributed by atoms with Crippen LogP contribution in [0.25, 0.3) is 10.8 Å². The molecular weight excluding hydrogens is 480 g/mol. The van der Waals surface area contributed by atoms with Crippen molar-refractivity contribution in [1.82, 2.24) is 9.88 Å². The maximum atomic E-state index is 12.9. The van der Waals surface area contributed by atoms with E-state index in [2.05, 4.69) is 33.1 Å². The molecule has 1 spiro atoms. The molecule has 0 radical (unpaired) electrons. The summed E-state index contributed by atoms with van der Waals surface area (Å²) >= 11 is 6.73. The number of ether oxygens (including phenoxy) is 3. The molecule has 9 heteroatoms. The van der Waals surface area contributed by atoms with Crippen LogP contribution in [0.3, 0.4) is 0 Å². The van der Waals surface area contributed by atoms with Gasteiger partial charge < -0.3 is 24.4 Å². The minimum atomic E-state index is -0.0996. The Hall–Kier alpha value is -1.97. The topological polar surface area (TPSA) is 76.2 Å². The minimum absolute atomic E-state index is 0.0702. The lowest BCUT2D eigenvalue weighted by molar-refractivity contribution is -0.118. The molecule has 1 aliphatic carbocycles. The Morgan fingerprint density at radius 1 is 1.14 bits per heavy atom. The van der Waals surface area contributed by atoms with Crippen LogP contribution in [0.2, 0.25) is 5.02 Å². The first kappa shape index (κ1) is 24.4. The lowest BCUT2D eigenvalue weighted by Gasteiger charge is -2.46. The molecule has 4 fully saturated rings. The number of carbonyl (C=O) groups excluding carboxylic acids is 1. The molecule has 3 aliphatic heterocycles. The van der Waals surface area contributed by atoms with E-state index in [1.165, 1.54) is 0 Å². The van der Waals surface area contributed by atoms with Gasteiger partial charge in [-0.15, -0.1) is 0 Å². The number of pyridine rings is 1. The molecule has 1 N–H and O–H groups in total. The highest BCUT2D eigenvalue weighted by Gasteiger charge is 2.58. The summed E-state index contributed by atoms with van der Waals surface area (Å²) in [6.07, 6.45) is 4.79. The van der Waals surface area contributed by atoms with Gasteiger partial charge in [0, 0.05) is 64.0 Å². The SMILES string of the molecule is CO[C@H]1COC[C@]1(C)N1CCN(c2cc3cc(NC(=O)[C@@H]4CC45CCOCC5)ncc3cc2Cl)CC1. The monoisotopic (exact) mass is 514 g/mol. The van der Waals surface area contributed by atoms with E-state index >= 15 is 0 Å². The van der Waals surface area contributed by atoms with Gasteiger partial charge >= 0.3 is 0 Å². The number of hydrogen-bond donors (Lipinski definition) is 1. The summed E-state index contributed by atoms with van der Waals surface area (Å²) in [5.74, 6) is 0.744. The molecule has 2 aromatic rings. The van der Waals surface area contributed by atoms with E-state index < -0.39 is 0 Å². The highest BCUT2D eigenvalue weighted by Crippen LogP contribution is 2.59. The number of rotatable bonds is 5. The van der Waals surface area contributed by atoms with Crippen molar-refractivity contribution >= 4 is 39.8 Å². The van der Waals surface area contributed by atoms with Gasteiger partial charge in [-0.05, 0) is 55.2 Å². The van der Waals surface area contributed by atoms with Crippen molar-refractivity contribution in [3.05, 3.63) is 29.4 Å². The number of carbonyl (C=O) groups is 1. The molecule has 3 saturated heterocycles. The van der Waals surface area contributed by atoms with Gasteiger partial charge in [0.05, 0.1) is 29.5 Å². The Morgan fingerprint density at radius 2 is 1.92 bits per heavy atom. The van der Waals surface area contributed by atoms with Crippen molar-refractivity contribution in [2.24, 2.45) is 11.3 Å². The Balaban J connectivity index is 1.15. The van der Waals surface area contributed by atoms with E-state index in [9.17, 15) is 4.79 Å². The Bertz CT molecular complexity index is 1150. The number of fused-ring (bicyclic) bond motifs is 1. The summed E-state index contributed by atoms with van der Waals surface area (Å²) in [4.78, 5) is 22.2. The van der Waals surface area contributed by atoms with Crippen LogP contribution in [0.15, 0.2) is 24.4 Å². The molecule has 1 saturated carbocycles. The first-order valence-corrected chi connectivity index (χ1v) is 13.4. The Kier molecular flexibility index (Phi) is 6.37. The van der Waals surface area contributed by atoms with Crippen LogP contribution >= 0.6 is 11.6 Å². The van der Waals surface area contributed by atoms with Gasteiger partial charge in [0.2, 0.25) is 5.91 Å². The van der Waals surface area contributed by atoms with Crippen molar-refractivity contribution in [2.75, 3.05) is 69.9 Å². The largest absolute Gasteiger partial charge is 0.381 e. The van der Waals surface area contributed by atoms with Gasteiger partial charge in [-0.3, -0.25) is 9.69 Å². The standard InChI is InChI=1S/C27H35ClN4O4/c1-26(17-36-16-23(26)34-2)32-7-5-31(6-8-32)22-12-18-13-24(29-15-19(18)11-21(22)28)30-25(33)20-14-27(20)3-9-35-10-4-27/h11-13,15,20,23H,3-10,14,16-17H2,1-2H3,(H,29,30,33)/t20-,23-,26-/m0/s1. The highest BCUT2D eigenvalue weighted by atomic mass is 35.5. The van der Waals surface area contributed by atoms with Crippen LogP contribution in [0.4, 0.5) is 11.5 Å². The fraction of sp³-hybridized carbons (Fsp3) is 0.630. The van der Waals surface area contributed by atoms with Crippen molar-refractivity contribution in [3.63, 3.8) is 0 Å². The van der Waals surface area contributed by atoms with Crippen LogP contribution in [-0.4, -0.2) is 87.2 Å². The first-order chi connectivity index (χ1) is 17.4. The number of aromatic nitrogens is 1. The molecule has 1 aromatic carbocycles. The molecular formula is C27H35ClN4O4. The second-order valence-electron chi connectivity index (χ2n) is 11.0. The van der Waals surface area contributed by atoms with Gasteiger partial charge in [-0.2, -0.15) is 0 Å². The number of amides is 1. The smallest absolute Gasteiger partial charge is 0.229 e. The van der Waals surface area contributed by atoms with Crippen LogP contribution in [-0.2, 0) is 19.0 Å². The van der Waals surface area contributed by atoms with Crippen molar-refractivity contribution in [2.45, 2.75) is 37.8 Å². The molecule has 36 heavy (non-hydrogen) atoms. The van der Waals surface area contributed by atoms with Gasteiger partial charge in [-0.1, -0.05) is 11.6 Å². The highest BCUT2D eigenvalue weighted by molar-refractivity contribution is 6.34. The zero-order valence-electron chi connectivity index (χ0n) is 21.1. The average molecular weight is 515 g/mol. The van der Waals surface area contributed by atoms with Crippen LogP contribution in [0.5, 0.6) is 0 Å². The second kappa shape index (κ2) is 9.40. The second-order valence-corrected chi connectivity index (χ2v) is 11.4. The van der Waals surface area contributed by atoms with E-state index in [-0.39, 0.29) is 28.9 Å². The molecule has 194 valence electrons. The van der Waals surface area contributed by atoms with Crippen molar-refractivity contribution < 1.29 is 19.0 Å². The number of nitrogens with one attached hydrogen (secondary N) is 1. The first-order valence-electron chi connectivity index (χ1n) is 13.0. The van der Waals surface area contributed by atoms with Gasteiger partial charge in [0.15, 0.2) is 0 Å². The van der Waals surface area contributed by atoms with Gasteiger partial charge in [0.25, 0.3) is 0 Å². The zero-order chi connectivity index (χ0) is 24.9. The molecule has 1 amide bonds. The van der Waals surface area contributed by atoms with Crippen molar-refractivity contribution in [3.8, 4) is 0 Å². The van der Waals surface area contributed by atoms with E-state index in [0.29, 0.717) is 19.0 Å². The third kappa shape index (κ3) is 4.27. The number of anilines is 2. The summed E-state index contributed by atoms with van der Waals surface area (Å²) < 4.78 is 16.9. The van der Waals surface area contributed by atoms with E-state index in [4.69, 9.17) is 25.8 Å². The Morgan fingerprint density at radius 3 is 2.67 bits per heavy atom. The van der Waals surface area contributed by atoms with Crippen LogP contribution in [0.1, 0.15) is 26.2 Å². The number of piperazine rings is 1. The maximum absolute atomic E-state index is 12.9. The molecule has 0 unspecified atom stereocenters. The van der Waals surface area contributed by atoms with Crippen LogP contribution in [0, 0.1) is 11.3 Å². The van der Waals surface area contributed by atoms with E-state index in [0.717, 1.165) is 80.1 Å². The average Bonchev–Trinajstić information content (AvgIpc) is 3.44. The normalized spacial score (nSPS) is 30.1. The summed E-state index contributed by atoms with van der Waals surface area (Å²) in [5.41, 5.74) is 1.07. The van der Waals surface area contributed by atoms with Crippen LogP contribution < -0.4 is 10.2 Å². The molecule has 0 bridgehead atoms. The molecule has 3 atom stereocenters. The van der Waals surface area contributed by atoms with Crippen molar-refractivity contribution in [1.29, 1.82) is 0 Å². The number of nitrogens with zero attached hydrogens (tertiary/aromatic N) is 3. The fourth-order valence-electron chi connectivity index (χ4n) is 6.45. The molecule has 4 aliphatic rings. The number of hydrogen-bond acceptors (Lipinski definition) is 7. The lowest BCUT2D eigenvalue weighted by Crippen LogP contribution is -2.61. The minimum Gasteiger partial charge on any atom is -0.381 e. The quantitative estimate of drug-likeness (QED) is 0.653. The fourth-order valence-corrected chi connectivity index (χ4v) is 6.74. The summed E-state index contributed by atoms with van der Waals surface area (Å²) in [5, 5.41) is 5.77. The third-order valence-electron chi connectivity index (χ3n) is 9.02. The molecule has 8 nitrogen and oxygen atoms in total. The summed E-state index contributed by atoms with van der Waals surface area (Å²) in [7, 11) is 1.77.